The number of benzene rings is 2. The summed E-state index contributed by atoms with van der Waals surface area (Å²) in [6.07, 6.45) is 8.87. The largest absolute Gasteiger partial charge is 0.496 e. The fourth-order valence-electron chi connectivity index (χ4n) is 3.59. The van der Waals surface area contributed by atoms with Crippen molar-refractivity contribution in [2.75, 3.05) is 7.11 Å². The Morgan fingerprint density at radius 3 is 2.32 bits per heavy atom. The number of aromatic nitrogens is 3. The van der Waals surface area contributed by atoms with Crippen molar-refractivity contribution in [3.63, 3.8) is 0 Å². The average Bonchev–Trinajstić information content (AvgIpc) is 3.51. The van der Waals surface area contributed by atoms with Crippen molar-refractivity contribution in [2.24, 2.45) is 10.7 Å². The molecule has 7 nitrogen and oxygen atoms in total. The molecule has 2 aromatic heterocycles. The summed E-state index contributed by atoms with van der Waals surface area (Å²) in [5, 5.41) is 0. The number of hydrogen-bond donors (Lipinski definition) is 2. The number of methoxy groups -OCH3 is 1. The molecule has 0 aliphatic carbocycles. The van der Waals surface area contributed by atoms with Gasteiger partial charge < -0.3 is 20.2 Å². The van der Waals surface area contributed by atoms with Crippen molar-refractivity contribution in [3.8, 4) is 22.6 Å². The molecular weight excluding hydrogens is 462 g/mol. The number of H-pyrrole nitrogens is 1. The van der Waals surface area contributed by atoms with Gasteiger partial charge in [0.2, 0.25) is 0 Å². The Labute approximate surface area is 220 Å². The fraction of sp³-hybridized carbons (Fsp3) is 0.300. The lowest BCUT2D eigenvalue weighted by atomic mass is 10.0. The third-order valence-electron chi connectivity index (χ3n) is 5.18. The van der Waals surface area contributed by atoms with Gasteiger partial charge in [0.05, 0.1) is 19.1 Å². The SMILES string of the molecule is CC.CCCC(C)(C)Oc1ccc(-c2ccc(N=C(N)c3ccccn3)cc2OC)cc1.c1c[nH]cn1. The van der Waals surface area contributed by atoms with Gasteiger partial charge in [-0.05, 0) is 62.2 Å². The molecule has 4 rings (SSSR count). The summed E-state index contributed by atoms with van der Waals surface area (Å²) in [6.45, 7) is 10.4. The van der Waals surface area contributed by atoms with Crippen LogP contribution in [0.1, 0.15) is 53.2 Å². The molecule has 7 heteroatoms. The van der Waals surface area contributed by atoms with E-state index in [9.17, 15) is 0 Å². The van der Waals surface area contributed by atoms with Gasteiger partial charge in [0.25, 0.3) is 0 Å². The molecule has 0 unspecified atom stereocenters. The highest BCUT2D eigenvalue weighted by molar-refractivity contribution is 5.97. The van der Waals surface area contributed by atoms with Crippen LogP contribution in [0.4, 0.5) is 5.69 Å². The molecule has 0 saturated carbocycles. The third kappa shape index (κ3) is 9.44. The molecule has 2 heterocycles. The standard InChI is InChI=1S/C25H29N3O2.C3H4N2.C2H6/c1-5-15-25(2,3)30-20-12-9-18(10-13-20)21-14-11-19(17-23(21)29-4)28-24(26)22-8-6-7-16-27-22;1-2-5-3-4-1;1-2/h6-14,16-17H,5,15H2,1-4H3,(H2,26,28);1-3H,(H,4,5);1-2H3. The van der Waals surface area contributed by atoms with Crippen molar-refractivity contribution in [1.29, 1.82) is 0 Å². The van der Waals surface area contributed by atoms with E-state index in [0.717, 1.165) is 35.5 Å². The van der Waals surface area contributed by atoms with E-state index in [0.29, 0.717) is 17.2 Å². The quantitative estimate of drug-likeness (QED) is 0.197. The highest BCUT2D eigenvalue weighted by atomic mass is 16.5. The van der Waals surface area contributed by atoms with Gasteiger partial charge in [0.15, 0.2) is 0 Å². The summed E-state index contributed by atoms with van der Waals surface area (Å²) in [5.41, 5.74) is 9.28. The average molecular weight is 502 g/mol. The number of hydrogen-bond acceptors (Lipinski definition) is 5. The lowest BCUT2D eigenvalue weighted by Gasteiger charge is -2.26. The molecule has 0 fully saturated rings. The first-order valence-electron chi connectivity index (χ1n) is 12.6. The van der Waals surface area contributed by atoms with Crippen molar-refractivity contribution in [3.05, 3.63) is 91.3 Å². The fourth-order valence-corrected chi connectivity index (χ4v) is 3.59. The van der Waals surface area contributed by atoms with E-state index in [1.165, 1.54) is 0 Å². The molecule has 3 N–H and O–H groups in total. The van der Waals surface area contributed by atoms with E-state index in [2.05, 4.69) is 40.7 Å². The van der Waals surface area contributed by atoms with Gasteiger partial charge in [-0.15, -0.1) is 0 Å². The highest BCUT2D eigenvalue weighted by Crippen LogP contribution is 2.35. The Morgan fingerprint density at radius 2 is 1.78 bits per heavy atom. The summed E-state index contributed by atoms with van der Waals surface area (Å²) in [4.78, 5) is 15.1. The number of aliphatic imine (C=N–C) groups is 1. The molecule has 0 amide bonds. The molecule has 0 spiro atoms. The molecule has 0 aliphatic heterocycles. The normalized spacial score (nSPS) is 10.9. The van der Waals surface area contributed by atoms with Crippen LogP contribution in [0, 0.1) is 0 Å². The first-order chi connectivity index (χ1) is 17.9. The van der Waals surface area contributed by atoms with E-state index in [4.69, 9.17) is 15.2 Å². The van der Waals surface area contributed by atoms with E-state index in [-0.39, 0.29) is 5.60 Å². The molecule has 0 aliphatic rings. The molecule has 2 aromatic carbocycles. The number of ether oxygens (including phenoxy) is 2. The van der Waals surface area contributed by atoms with E-state index >= 15 is 0 Å². The van der Waals surface area contributed by atoms with Crippen LogP contribution >= 0.6 is 0 Å². The molecule has 196 valence electrons. The van der Waals surface area contributed by atoms with Gasteiger partial charge in [-0.25, -0.2) is 9.98 Å². The lowest BCUT2D eigenvalue weighted by molar-refractivity contribution is 0.0986. The van der Waals surface area contributed by atoms with Crippen LogP contribution in [0.2, 0.25) is 0 Å². The Kier molecular flexibility index (Phi) is 11.9. The maximum absolute atomic E-state index is 6.13. The zero-order chi connectivity index (χ0) is 27.1. The van der Waals surface area contributed by atoms with Gasteiger partial charge >= 0.3 is 0 Å². The molecule has 0 radical (unpaired) electrons. The van der Waals surface area contributed by atoms with Crippen LogP contribution in [0.3, 0.4) is 0 Å². The lowest BCUT2D eigenvalue weighted by Crippen LogP contribution is -2.27. The van der Waals surface area contributed by atoms with Crippen molar-refractivity contribution >= 4 is 11.5 Å². The van der Waals surface area contributed by atoms with Gasteiger partial charge in [0, 0.05) is 30.2 Å². The van der Waals surface area contributed by atoms with Gasteiger partial charge in [-0.3, -0.25) is 4.98 Å². The minimum absolute atomic E-state index is 0.179. The molecule has 4 aromatic rings. The predicted octanol–water partition coefficient (Wildman–Crippen LogP) is 7.19. The van der Waals surface area contributed by atoms with Crippen molar-refractivity contribution in [1.82, 2.24) is 15.0 Å². The van der Waals surface area contributed by atoms with Crippen LogP contribution < -0.4 is 15.2 Å². The Bertz CT molecular complexity index is 1170. The molecule has 0 bridgehead atoms. The first kappa shape index (κ1) is 29.1. The van der Waals surface area contributed by atoms with Gasteiger partial charge in [-0.2, -0.15) is 0 Å². The minimum atomic E-state index is -0.179. The van der Waals surface area contributed by atoms with Crippen LogP contribution in [-0.4, -0.2) is 33.5 Å². The Hall–Kier alpha value is -4.13. The highest BCUT2D eigenvalue weighted by Gasteiger charge is 2.18. The van der Waals surface area contributed by atoms with E-state index in [1.54, 1.807) is 32.0 Å². The van der Waals surface area contributed by atoms with E-state index < -0.39 is 0 Å². The summed E-state index contributed by atoms with van der Waals surface area (Å²) < 4.78 is 11.7. The van der Waals surface area contributed by atoms with Crippen molar-refractivity contribution in [2.45, 2.75) is 53.1 Å². The van der Waals surface area contributed by atoms with Gasteiger partial charge in [0.1, 0.15) is 28.6 Å². The molecule has 0 saturated heterocycles. The first-order valence-corrected chi connectivity index (χ1v) is 12.6. The topological polar surface area (TPSA) is 98.4 Å². The number of nitrogens with zero attached hydrogens (tertiary/aromatic N) is 3. The van der Waals surface area contributed by atoms with Crippen LogP contribution in [0.5, 0.6) is 11.5 Å². The molecular formula is C30H39N5O2. The smallest absolute Gasteiger partial charge is 0.150 e. The number of imidazole rings is 1. The number of aromatic amines is 1. The Morgan fingerprint density at radius 1 is 1.03 bits per heavy atom. The predicted molar refractivity (Wildman–Crippen MR) is 153 cm³/mol. The number of rotatable bonds is 8. The van der Waals surface area contributed by atoms with Crippen LogP contribution in [-0.2, 0) is 0 Å². The number of amidine groups is 1. The summed E-state index contributed by atoms with van der Waals surface area (Å²) in [6, 6.07) is 19.4. The summed E-state index contributed by atoms with van der Waals surface area (Å²) >= 11 is 0. The third-order valence-corrected chi connectivity index (χ3v) is 5.18. The Balaban J connectivity index is 0.000000602. The summed E-state index contributed by atoms with van der Waals surface area (Å²) in [7, 11) is 1.65. The van der Waals surface area contributed by atoms with Crippen molar-refractivity contribution < 1.29 is 9.47 Å². The maximum Gasteiger partial charge on any atom is 0.150 e. The molecule has 0 atom stereocenters. The number of nitrogens with two attached hydrogens (primary N) is 1. The monoisotopic (exact) mass is 501 g/mol. The number of nitrogens with one attached hydrogen (secondary N) is 1. The second kappa shape index (κ2) is 15.1. The second-order valence-corrected chi connectivity index (χ2v) is 8.49. The number of pyridine rings is 1. The zero-order valence-electron chi connectivity index (χ0n) is 22.7. The molecule has 37 heavy (non-hydrogen) atoms. The summed E-state index contributed by atoms with van der Waals surface area (Å²) in [5.74, 6) is 1.95. The minimum Gasteiger partial charge on any atom is -0.496 e. The van der Waals surface area contributed by atoms with Crippen LogP contribution in [0.15, 0.2) is 90.6 Å². The van der Waals surface area contributed by atoms with E-state index in [1.807, 2.05) is 74.5 Å². The maximum atomic E-state index is 6.13. The second-order valence-electron chi connectivity index (χ2n) is 8.49. The van der Waals surface area contributed by atoms with Crippen LogP contribution in [0.25, 0.3) is 11.1 Å². The zero-order valence-corrected chi connectivity index (χ0v) is 22.7. The van der Waals surface area contributed by atoms with Gasteiger partial charge in [-0.1, -0.05) is 45.4 Å².